The van der Waals surface area contributed by atoms with Gasteiger partial charge >= 0.3 is 0 Å². The summed E-state index contributed by atoms with van der Waals surface area (Å²) < 4.78 is 5.51. The zero-order valence-corrected chi connectivity index (χ0v) is 20.9. The second-order valence-electron chi connectivity index (χ2n) is 8.83. The Kier molecular flexibility index (Phi) is 7.90. The molecule has 184 valence electrons. The van der Waals surface area contributed by atoms with Crippen molar-refractivity contribution in [3.8, 4) is 17.0 Å². The van der Waals surface area contributed by atoms with Crippen molar-refractivity contribution < 1.29 is 9.53 Å². The van der Waals surface area contributed by atoms with Crippen molar-refractivity contribution in [1.29, 1.82) is 0 Å². The van der Waals surface area contributed by atoms with Gasteiger partial charge in [-0.1, -0.05) is 48.5 Å². The summed E-state index contributed by atoms with van der Waals surface area (Å²) in [6, 6.07) is 28.3. The van der Waals surface area contributed by atoms with E-state index in [0.29, 0.717) is 11.8 Å². The van der Waals surface area contributed by atoms with Crippen molar-refractivity contribution in [2.24, 2.45) is 0 Å². The van der Waals surface area contributed by atoms with Crippen LogP contribution in [0.15, 0.2) is 90.4 Å². The fraction of sp³-hybridized carbons (Fsp3) is 0.241. The SMILES string of the molecule is O=C(COc1ccccc1)Nc1ccc(N2CCC(NCc3scnc3-c3ccccc3)CC2)cc1. The molecule has 0 radical (unpaired) electrons. The topological polar surface area (TPSA) is 66.5 Å². The molecule has 0 atom stereocenters. The molecule has 0 bridgehead atoms. The zero-order valence-electron chi connectivity index (χ0n) is 20.1. The lowest BCUT2D eigenvalue weighted by molar-refractivity contribution is -0.118. The molecule has 1 fully saturated rings. The Bertz CT molecular complexity index is 1240. The maximum Gasteiger partial charge on any atom is 0.262 e. The van der Waals surface area contributed by atoms with Gasteiger partial charge in [-0.05, 0) is 49.2 Å². The van der Waals surface area contributed by atoms with Crippen LogP contribution in [0.1, 0.15) is 17.7 Å². The standard InChI is InChI=1S/C29H30N4O2S/c34-28(20-35-26-9-5-2-6-10-26)32-24-11-13-25(14-12-24)33-17-15-23(16-18-33)30-19-27-29(31-21-36-27)22-7-3-1-4-8-22/h1-14,21,23,30H,15-20H2,(H,32,34). The summed E-state index contributed by atoms with van der Waals surface area (Å²) >= 11 is 1.72. The number of nitrogens with one attached hydrogen (secondary N) is 2. The maximum absolute atomic E-state index is 12.2. The van der Waals surface area contributed by atoms with Crippen molar-refractivity contribution in [2.45, 2.75) is 25.4 Å². The number of carbonyl (C=O) groups excluding carboxylic acids is 1. The Balaban J connectivity index is 1.06. The van der Waals surface area contributed by atoms with Crippen LogP contribution in [0.5, 0.6) is 5.75 Å². The van der Waals surface area contributed by atoms with Crippen LogP contribution in [0.3, 0.4) is 0 Å². The second-order valence-corrected chi connectivity index (χ2v) is 9.77. The largest absolute Gasteiger partial charge is 0.484 e. The van der Waals surface area contributed by atoms with Gasteiger partial charge in [-0.3, -0.25) is 4.79 Å². The summed E-state index contributed by atoms with van der Waals surface area (Å²) in [5.41, 5.74) is 6.15. The molecule has 1 saturated heterocycles. The number of anilines is 2. The van der Waals surface area contributed by atoms with E-state index in [2.05, 4.69) is 56.9 Å². The zero-order chi connectivity index (χ0) is 24.6. The number of para-hydroxylation sites is 1. The Morgan fingerprint density at radius 2 is 1.64 bits per heavy atom. The van der Waals surface area contributed by atoms with Gasteiger partial charge in [0.2, 0.25) is 0 Å². The molecule has 0 unspecified atom stereocenters. The third-order valence-corrected chi connectivity index (χ3v) is 7.20. The Morgan fingerprint density at radius 1 is 0.944 bits per heavy atom. The summed E-state index contributed by atoms with van der Waals surface area (Å²) in [5.74, 6) is 0.513. The first-order valence-electron chi connectivity index (χ1n) is 12.3. The maximum atomic E-state index is 12.2. The summed E-state index contributed by atoms with van der Waals surface area (Å²) in [5, 5.41) is 6.64. The molecule has 3 aromatic carbocycles. The van der Waals surface area contributed by atoms with Crippen molar-refractivity contribution >= 4 is 28.6 Å². The van der Waals surface area contributed by atoms with E-state index in [1.807, 2.05) is 54.0 Å². The van der Waals surface area contributed by atoms with E-state index < -0.39 is 0 Å². The Hall–Kier alpha value is -3.68. The van der Waals surface area contributed by atoms with Crippen LogP contribution < -0.4 is 20.3 Å². The molecular weight excluding hydrogens is 468 g/mol. The first-order valence-corrected chi connectivity index (χ1v) is 13.2. The molecule has 1 aliphatic heterocycles. The molecule has 0 saturated carbocycles. The molecule has 5 rings (SSSR count). The number of nitrogens with zero attached hydrogens (tertiary/aromatic N) is 2. The first kappa shape index (κ1) is 24.0. The lowest BCUT2D eigenvalue weighted by Gasteiger charge is -2.34. The number of amides is 1. The number of benzene rings is 3. The number of piperidine rings is 1. The lowest BCUT2D eigenvalue weighted by atomic mass is 10.0. The number of hydrogen-bond acceptors (Lipinski definition) is 6. The smallest absolute Gasteiger partial charge is 0.262 e. The molecule has 1 aromatic heterocycles. The normalized spacial score (nSPS) is 13.9. The number of ether oxygens (including phenoxy) is 1. The molecular formula is C29H30N4O2S. The van der Waals surface area contributed by atoms with Gasteiger partial charge in [0.25, 0.3) is 5.91 Å². The highest BCUT2D eigenvalue weighted by molar-refractivity contribution is 7.10. The van der Waals surface area contributed by atoms with Crippen LogP contribution in [-0.2, 0) is 11.3 Å². The molecule has 6 nitrogen and oxygen atoms in total. The number of aromatic nitrogens is 1. The minimum absolute atomic E-state index is 0.0132. The van der Waals surface area contributed by atoms with Crippen LogP contribution in [0, 0.1) is 0 Å². The van der Waals surface area contributed by atoms with E-state index in [4.69, 9.17) is 4.74 Å². The van der Waals surface area contributed by atoms with Gasteiger partial charge < -0.3 is 20.3 Å². The summed E-state index contributed by atoms with van der Waals surface area (Å²) in [6.07, 6.45) is 2.18. The van der Waals surface area contributed by atoms with Gasteiger partial charge in [0, 0.05) is 47.5 Å². The highest BCUT2D eigenvalue weighted by Gasteiger charge is 2.20. The van der Waals surface area contributed by atoms with E-state index in [9.17, 15) is 4.79 Å². The van der Waals surface area contributed by atoms with E-state index in [-0.39, 0.29) is 12.5 Å². The van der Waals surface area contributed by atoms with Crippen LogP contribution in [-0.4, -0.2) is 36.6 Å². The molecule has 1 amide bonds. The summed E-state index contributed by atoms with van der Waals surface area (Å²) in [4.78, 5) is 20.5. The van der Waals surface area contributed by atoms with Crippen molar-refractivity contribution in [1.82, 2.24) is 10.3 Å². The van der Waals surface area contributed by atoms with E-state index >= 15 is 0 Å². The molecule has 0 aliphatic carbocycles. The van der Waals surface area contributed by atoms with Gasteiger partial charge in [0.05, 0.1) is 11.2 Å². The van der Waals surface area contributed by atoms with Crippen molar-refractivity contribution in [3.05, 3.63) is 95.3 Å². The average Bonchev–Trinajstić information content (AvgIpc) is 3.41. The lowest BCUT2D eigenvalue weighted by Crippen LogP contribution is -2.42. The molecule has 2 N–H and O–H groups in total. The van der Waals surface area contributed by atoms with Crippen molar-refractivity contribution in [3.63, 3.8) is 0 Å². The predicted octanol–water partition coefficient (Wildman–Crippen LogP) is 5.59. The Morgan fingerprint density at radius 3 is 2.36 bits per heavy atom. The van der Waals surface area contributed by atoms with Crippen LogP contribution in [0.4, 0.5) is 11.4 Å². The molecule has 1 aliphatic rings. The number of carbonyl (C=O) groups is 1. The highest BCUT2D eigenvalue weighted by Crippen LogP contribution is 2.26. The van der Waals surface area contributed by atoms with Gasteiger partial charge in [-0.25, -0.2) is 4.98 Å². The number of hydrogen-bond donors (Lipinski definition) is 2. The number of thiazole rings is 1. The molecule has 36 heavy (non-hydrogen) atoms. The fourth-order valence-corrected chi connectivity index (χ4v) is 5.16. The third-order valence-electron chi connectivity index (χ3n) is 6.36. The number of rotatable bonds is 9. The van der Waals surface area contributed by atoms with Gasteiger partial charge in [-0.15, -0.1) is 11.3 Å². The molecule has 7 heteroatoms. The Labute approximate surface area is 216 Å². The fourth-order valence-electron chi connectivity index (χ4n) is 4.42. The van der Waals surface area contributed by atoms with Gasteiger partial charge in [0.1, 0.15) is 5.75 Å². The quantitative estimate of drug-likeness (QED) is 0.315. The van der Waals surface area contributed by atoms with E-state index in [1.165, 1.54) is 16.1 Å². The van der Waals surface area contributed by atoms with Gasteiger partial charge in [-0.2, -0.15) is 0 Å². The molecule has 2 heterocycles. The minimum Gasteiger partial charge on any atom is -0.484 e. The van der Waals surface area contributed by atoms with Crippen LogP contribution >= 0.6 is 11.3 Å². The second kappa shape index (κ2) is 11.8. The first-order chi connectivity index (χ1) is 17.7. The summed E-state index contributed by atoms with van der Waals surface area (Å²) in [6.45, 7) is 2.84. The summed E-state index contributed by atoms with van der Waals surface area (Å²) in [7, 11) is 0. The van der Waals surface area contributed by atoms with Crippen LogP contribution in [0.2, 0.25) is 0 Å². The highest BCUT2D eigenvalue weighted by atomic mass is 32.1. The van der Waals surface area contributed by atoms with Crippen LogP contribution in [0.25, 0.3) is 11.3 Å². The average molecular weight is 499 g/mol. The molecule has 0 spiro atoms. The monoisotopic (exact) mass is 498 g/mol. The third kappa shape index (κ3) is 6.30. The predicted molar refractivity (Wildman–Crippen MR) is 147 cm³/mol. The molecule has 4 aromatic rings. The van der Waals surface area contributed by atoms with Gasteiger partial charge in [0.15, 0.2) is 6.61 Å². The van der Waals surface area contributed by atoms with E-state index in [0.717, 1.165) is 43.9 Å². The van der Waals surface area contributed by atoms with Crippen molar-refractivity contribution in [2.75, 3.05) is 29.9 Å². The van der Waals surface area contributed by atoms with E-state index in [1.54, 1.807) is 11.3 Å². The minimum atomic E-state index is -0.171.